The highest BCUT2D eigenvalue weighted by molar-refractivity contribution is 7.18. The van der Waals surface area contributed by atoms with E-state index >= 15 is 0 Å². The van der Waals surface area contributed by atoms with E-state index in [1.807, 2.05) is 18.4 Å². The fourth-order valence-electron chi connectivity index (χ4n) is 2.96. The van der Waals surface area contributed by atoms with Crippen LogP contribution in [0.3, 0.4) is 0 Å². The molecule has 1 aliphatic rings. The second-order valence-electron chi connectivity index (χ2n) is 5.52. The third-order valence-electron chi connectivity index (χ3n) is 4.25. The van der Waals surface area contributed by atoms with Gasteiger partial charge in [0.1, 0.15) is 10.7 Å². The number of fused-ring (bicyclic) bond motifs is 1. The molecule has 1 fully saturated rings. The zero-order valence-electron chi connectivity index (χ0n) is 12.4. The Morgan fingerprint density at radius 1 is 1.25 bits per heavy atom. The minimum Gasteiger partial charge on any atom is -0.296 e. The number of hydrogen-bond donors (Lipinski definition) is 0. The molecular weight excluding hydrogens is 270 g/mol. The van der Waals surface area contributed by atoms with E-state index in [2.05, 4.69) is 11.8 Å². The first-order valence-electron chi connectivity index (χ1n) is 7.33. The molecule has 0 amide bonds. The molecule has 108 valence electrons. The lowest BCUT2D eigenvalue weighted by atomic mass is 10.2. The molecule has 2 aromatic heterocycles. The average molecular weight is 291 g/mol. The maximum absolute atomic E-state index is 12.7. The molecular formula is C15H21N3OS. The first-order valence-corrected chi connectivity index (χ1v) is 8.15. The molecule has 1 saturated heterocycles. The number of nitrogens with zero attached hydrogens (tertiary/aromatic N) is 3. The first kappa shape index (κ1) is 13.8. The highest BCUT2D eigenvalue weighted by Gasteiger charge is 2.19. The van der Waals surface area contributed by atoms with Crippen LogP contribution in [0.4, 0.5) is 0 Å². The zero-order valence-corrected chi connectivity index (χ0v) is 13.2. The van der Waals surface area contributed by atoms with Gasteiger partial charge in [-0.1, -0.05) is 0 Å². The lowest BCUT2D eigenvalue weighted by Crippen LogP contribution is -2.29. The van der Waals surface area contributed by atoms with Crippen molar-refractivity contribution in [2.75, 3.05) is 13.1 Å². The van der Waals surface area contributed by atoms with Gasteiger partial charge in [0.15, 0.2) is 0 Å². The summed E-state index contributed by atoms with van der Waals surface area (Å²) in [7, 11) is 0. The molecule has 0 radical (unpaired) electrons. The number of hydrogen-bond acceptors (Lipinski definition) is 4. The number of aromatic nitrogens is 2. The summed E-state index contributed by atoms with van der Waals surface area (Å²) in [5.74, 6) is 0.924. The predicted molar refractivity (Wildman–Crippen MR) is 83.5 cm³/mol. The molecule has 0 spiro atoms. The van der Waals surface area contributed by atoms with Crippen LogP contribution < -0.4 is 5.56 Å². The van der Waals surface area contributed by atoms with Crippen LogP contribution in [0.2, 0.25) is 0 Å². The SMILES string of the molecule is CCn1c(CN2CCCC2)nc2sc(C)c(C)c2c1=O. The van der Waals surface area contributed by atoms with Crippen LogP contribution in [0.25, 0.3) is 10.2 Å². The van der Waals surface area contributed by atoms with Gasteiger partial charge in [-0.15, -0.1) is 11.3 Å². The van der Waals surface area contributed by atoms with Crippen LogP contribution in [0.1, 0.15) is 36.0 Å². The summed E-state index contributed by atoms with van der Waals surface area (Å²) in [6.07, 6.45) is 2.52. The molecule has 0 aliphatic carbocycles. The molecule has 0 atom stereocenters. The third-order valence-corrected chi connectivity index (χ3v) is 5.35. The quantitative estimate of drug-likeness (QED) is 0.872. The summed E-state index contributed by atoms with van der Waals surface area (Å²) in [6, 6.07) is 0. The average Bonchev–Trinajstić information content (AvgIpc) is 3.00. The summed E-state index contributed by atoms with van der Waals surface area (Å²) < 4.78 is 1.85. The van der Waals surface area contributed by atoms with Crippen molar-refractivity contribution in [2.24, 2.45) is 0 Å². The number of likely N-dealkylation sites (tertiary alicyclic amines) is 1. The fourth-order valence-corrected chi connectivity index (χ4v) is 4.00. The Balaban J connectivity index is 2.13. The summed E-state index contributed by atoms with van der Waals surface area (Å²) in [4.78, 5) is 22.0. The molecule has 3 heterocycles. The Labute approximate surface area is 123 Å². The summed E-state index contributed by atoms with van der Waals surface area (Å²) in [6.45, 7) is 9.86. The molecule has 4 nitrogen and oxygen atoms in total. The minimum atomic E-state index is 0.133. The topological polar surface area (TPSA) is 38.1 Å². The van der Waals surface area contributed by atoms with Crippen LogP contribution in [-0.4, -0.2) is 27.5 Å². The van der Waals surface area contributed by atoms with Gasteiger partial charge in [0.2, 0.25) is 0 Å². The van der Waals surface area contributed by atoms with Crippen LogP contribution >= 0.6 is 11.3 Å². The van der Waals surface area contributed by atoms with E-state index in [1.54, 1.807) is 11.3 Å². The molecule has 0 aromatic carbocycles. The molecule has 5 heteroatoms. The van der Waals surface area contributed by atoms with E-state index in [4.69, 9.17) is 4.98 Å². The summed E-state index contributed by atoms with van der Waals surface area (Å²) >= 11 is 1.64. The summed E-state index contributed by atoms with van der Waals surface area (Å²) in [5.41, 5.74) is 1.23. The van der Waals surface area contributed by atoms with E-state index < -0.39 is 0 Å². The van der Waals surface area contributed by atoms with Crippen molar-refractivity contribution in [2.45, 2.75) is 46.7 Å². The second-order valence-corrected chi connectivity index (χ2v) is 6.73. The molecule has 0 saturated carbocycles. The Morgan fingerprint density at radius 2 is 1.95 bits per heavy atom. The van der Waals surface area contributed by atoms with Crippen molar-refractivity contribution in [3.8, 4) is 0 Å². The maximum atomic E-state index is 12.7. The van der Waals surface area contributed by atoms with Crippen molar-refractivity contribution in [1.29, 1.82) is 0 Å². The van der Waals surface area contributed by atoms with Crippen LogP contribution in [-0.2, 0) is 13.1 Å². The molecule has 1 aliphatic heterocycles. The highest BCUT2D eigenvalue weighted by atomic mass is 32.1. The van der Waals surface area contributed by atoms with Crippen molar-refractivity contribution >= 4 is 21.6 Å². The van der Waals surface area contributed by atoms with Gasteiger partial charge in [0.05, 0.1) is 11.9 Å². The lowest BCUT2D eigenvalue weighted by Gasteiger charge is -2.17. The summed E-state index contributed by atoms with van der Waals surface area (Å²) in [5, 5.41) is 0.819. The molecule has 2 aromatic rings. The molecule has 20 heavy (non-hydrogen) atoms. The van der Waals surface area contributed by atoms with Gasteiger partial charge in [0.25, 0.3) is 5.56 Å². The zero-order chi connectivity index (χ0) is 14.3. The van der Waals surface area contributed by atoms with Gasteiger partial charge in [-0.05, 0) is 52.3 Å². The van der Waals surface area contributed by atoms with E-state index in [0.29, 0.717) is 6.54 Å². The van der Waals surface area contributed by atoms with Crippen molar-refractivity contribution in [3.05, 3.63) is 26.6 Å². The minimum absolute atomic E-state index is 0.133. The van der Waals surface area contributed by atoms with E-state index in [1.165, 1.54) is 17.7 Å². The number of aryl methyl sites for hydroxylation is 2. The normalized spacial score (nSPS) is 16.4. The van der Waals surface area contributed by atoms with Crippen LogP contribution in [0.15, 0.2) is 4.79 Å². The molecule has 0 bridgehead atoms. The van der Waals surface area contributed by atoms with Crippen LogP contribution in [0.5, 0.6) is 0 Å². The molecule has 0 N–H and O–H groups in total. The Kier molecular flexibility index (Phi) is 3.65. The smallest absolute Gasteiger partial charge is 0.262 e. The van der Waals surface area contributed by atoms with E-state index in [9.17, 15) is 4.79 Å². The predicted octanol–water partition coefficient (Wildman–Crippen LogP) is 2.69. The molecule has 0 unspecified atom stereocenters. The van der Waals surface area contributed by atoms with Crippen LogP contribution in [0, 0.1) is 13.8 Å². The van der Waals surface area contributed by atoms with Gasteiger partial charge in [-0.25, -0.2) is 4.98 Å². The van der Waals surface area contributed by atoms with Crippen molar-refractivity contribution in [1.82, 2.24) is 14.5 Å². The highest BCUT2D eigenvalue weighted by Crippen LogP contribution is 2.26. The fraction of sp³-hybridized carbons (Fsp3) is 0.600. The van der Waals surface area contributed by atoms with Crippen molar-refractivity contribution < 1.29 is 0 Å². The van der Waals surface area contributed by atoms with Gasteiger partial charge in [0, 0.05) is 11.4 Å². The van der Waals surface area contributed by atoms with Crippen molar-refractivity contribution in [3.63, 3.8) is 0 Å². The van der Waals surface area contributed by atoms with E-state index in [-0.39, 0.29) is 5.56 Å². The largest absolute Gasteiger partial charge is 0.296 e. The Morgan fingerprint density at radius 3 is 2.60 bits per heavy atom. The third kappa shape index (κ3) is 2.19. The van der Waals surface area contributed by atoms with E-state index in [0.717, 1.165) is 41.2 Å². The maximum Gasteiger partial charge on any atom is 0.262 e. The van der Waals surface area contributed by atoms with Gasteiger partial charge < -0.3 is 0 Å². The number of rotatable bonds is 3. The number of thiophene rings is 1. The Hall–Kier alpha value is -1.20. The molecule has 3 rings (SSSR count). The van der Waals surface area contributed by atoms with Gasteiger partial charge in [-0.2, -0.15) is 0 Å². The first-order chi connectivity index (χ1) is 9.61. The van der Waals surface area contributed by atoms with Gasteiger partial charge >= 0.3 is 0 Å². The monoisotopic (exact) mass is 291 g/mol. The Bertz CT molecular complexity index is 695. The standard InChI is InChI=1S/C15H21N3OS/c1-4-18-12(9-17-7-5-6-8-17)16-14-13(15(18)19)10(2)11(3)20-14/h4-9H2,1-3H3. The van der Waals surface area contributed by atoms with Gasteiger partial charge in [-0.3, -0.25) is 14.3 Å². The lowest BCUT2D eigenvalue weighted by molar-refractivity contribution is 0.314. The second kappa shape index (κ2) is 5.30.